The van der Waals surface area contributed by atoms with Gasteiger partial charge >= 0.3 is 0 Å². The maximum atomic E-state index is 13.3. The molecular weight excluding hydrogens is 299 g/mol. The predicted octanol–water partition coefficient (Wildman–Crippen LogP) is 3.62. The molecule has 1 heterocycles. The number of nitrogens with zero attached hydrogens (tertiary/aromatic N) is 2. The molecule has 1 unspecified atom stereocenters. The molecular formula is C17H17FN2O3. The molecule has 5 nitrogen and oxygen atoms in total. The topological polar surface area (TPSA) is 55.6 Å². The van der Waals surface area contributed by atoms with Gasteiger partial charge in [-0.1, -0.05) is 24.3 Å². The van der Waals surface area contributed by atoms with E-state index in [0.29, 0.717) is 25.4 Å². The second-order valence-electron chi connectivity index (χ2n) is 5.55. The fourth-order valence-electron chi connectivity index (χ4n) is 2.91. The van der Waals surface area contributed by atoms with Crippen LogP contribution < -0.4 is 4.90 Å². The first-order valence-electron chi connectivity index (χ1n) is 7.42. The van der Waals surface area contributed by atoms with Gasteiger partial charge < -0.3 is 9.64 Å². The lowest BCUT2D eigenvalue weighted by Gasteiger charge is -2.35. The van der Waals surface area contributed by atoms with Crippen LogP contribution in [0, 0.1) is 22.9 Å². The molecule has 120 valence electrons. The quantitative estimate of drug-likeness (QED) is 0.641. The maximum absolute atomic E-state index is 13.3. The van der Waals surface area contributed by atoms with Gasteiger partial charge in [0.25, 0.3) is 5.69 Å². The predicted molar refractivity (Wildman–Crippen MR) is 85.1 cm³/mol. The molecule has 23 heavy (non-hydrogen) atoms. The number of nitro groups is 1. The molecule has 0 amide bonds. The summed E-state index contributed by atoms with van der Waals surface area (Å²) >= 11 is 0. The number of ether oxygens (including phenoxy) is 1. The van der Waals surface area contributed by atoms with E-state index in [9.17, 15) is 14.5 Å². The second kappa shape index (κ2) is 6.34. The van der Waals surface area contributed by atoms with Gasteiger partial charge in [-0.05, 0) is 30.2 Å². The van der Waals surface area contributed by atoms with E-state index in [-0.39, 0.29) is 11.8 Å². The number of rotatable bonds is 3. The molecule has 0 spiro atoms. The van der Waals surface area contributed by atoms with Crippen LogP contribution >= 0.6 is 0 Å². The number of hydrogen-bond acceptors (Lipinski definition) is 4. The Kier molecular flexibility index (Phi) is 4.25. The molecule has 0 N–H and O–H groups in total. The fraction of sp³-hybridized carbons (Fsp3) is 0.294. The molecule has 1 fully saturated rings. The van der Waals surface area contributed by atoms with Crippen LogP contribution in [0.5, 0.6) is 0 Å². The van der Waals surface area contributed by atoms with Crippen LogP contribution in [0.4, 0.5) is 15.8 Å². The second-order valence-corrected chi connectivity index (χ2v) is 5.55. The highest BCUT2D eigenvalue weighted by molar-refractivity contribution is 5.63. The van der Waals surface area contributed by atoms with Crippen molar-refractivity contribution in [2.45, 2.75) is 13.0 Å². The highest BCUT2D eigenvalue weighted by atomic mass is 19.1. The standard InChI is InChI=1S/C17H17FN2O3/c1-12-4-2-3-5-14(12)17-11-19(8-9-23-17)15-7-6-13(18)10-16(15)20(21)22/h2-7,10,17H,8-9,11H2,1H3. The first-order chi connectivity index (χ1) is 11.1. The highest BCUT2D eigenvalue weighted by Gasteiger charge is 2.27. The minimum Gasteiger partial charge on any atom is -0.370 e. The lowest BCUT2D eigenvalue weighted by molar-refractivity contribution is -0.384. The van der Waals surface area contributed by atoms with E-state index >= 15 is 0 Å². The monoisotopic (exact) mass is 316 g/mol. The van der Waals surface area contributed by atoms with E-state index < -0.39 is 10.7 Å². The largest absolute Gasteiger partial charge is 0.370 e. The molecule has 1 aliphatic rings. The third kappa shape index (κ3) is 3.17. The van der Waals surface area contributed by atoms with Gasteiger partial charge in [-0.25, -0.2) is 4.39 Å². The summed E-state index contributed by atoms with van der Waals surface area (Å²) in [5.41, 5.74) is 2.41. The van der Waals surface area contributed by atoms with E-state index in [2.05, 4.69) is 0 Å². The number of aryl methyl sites for hydroxylation is 1. The summed E-state index contributed by atoms with van der Waals surface area (Å²) in [5.74, 6) is -0.607. The smallest absolute Gasteiger partial charge is 0.295 e. The van der Waals surface area contributed by atoms with Crippen LogP contribution in [0.15, 0.2) is 42.5 Å². The van der Waals surface area contributed by atoms with Crippen LogP contribution in [0.2, 0.25) is 0 Å². The summed E-state index contributed by atoms with van der Waals surface area (Å²) in [4.78, 5) is 12.5. The van der Waals surface area contributed by atoms with Crippen molar-refractivity contribution in [3.63, 3.8) is 0 Å². The van der Waals surface area contributed by atoms with Crippen LogP contribution in [0.25, 0.3) is 0 Å². The van der Waals surface area contributed by atoms with E-state index in [1.54, 1.807) is 0 Å². The first kappa shape index (κ1) is 15.4. The number of nitro benzene ring substituents is 1. The molecule has 3 rings (SSSR count). The summed E-state index contributed by atoms with van der Waals surface area (Å²) in [6, 6.07) is 11.6. The normalized spacial score (nSPS) is 18.0. The minimum absolute atomic E-state index is 0.158. The third-order valence-corrected chi connectivity index (χ3v) is 4.08. The van der Waals surface area contributed by atoms with Gasteiger partial charge in [0.15, 0.2) is 0 Å². The Bertz CT molecular complexity index is 736. The van der Waals surface area contributed by atoms with E-state index in [1.165, 1.54) is 12.1 Å². The van der Waals surface area contributed by atoms with Crippen molar-refractivity contribution in [3.05, 3.63) is 69.5 Å². The van der Waals surface area contributed by atoms with Crippen molar-refractivity contribution in [2.75, 3.05) is 24.6 Å². The Morgan fingerprint density at radius 2 is 2.09 bits per heavy atom. The van der Waals surface area contributed by atoms with Crippen LogP contribution in [0.3, 0.4) is 0 Å². The number of halogens is 1. The molecule has 2 aromatic rings. The van der Waals surface area contributed by atoms with Gasteiger partial charge in [0.1, 0.15) is 17.6 Å². The summed E-state index contributed by atoms with van der Waals surface area (Å²) in [6.45, 7) is 3.51. The molecule has 1 saturated heterocycles. The van der Waals surface area contributed by atoms with E-state index in [4.69, 9.17) is 4.74 Å². The van der Waals surface area contributed by atoms with Crippen molar-refractivity contribution in [3.8, 4) is 0 Å². The minimum atomic E-state index is -0.607. The third-order valence-electron chi connectivity index (χ3n) is 4.08. The number of hydrogen-bond donors (Lipinski definition) is 0. The van der Waals surface area contributed by atoms with Crippen molar-refractivity contribution >= 4 is 11.4 Å². The molecule has 0 radical (unpaired) electrons. The molecule has 2 aromatic carbocycles. The molecule has 0 bridgehead atoms. The number of morpholine rings is 1. The van der Waals surface area contributed by atoms with Gasteiger partial charge in [-0.2, -0.15) is 0 Å². The summed E-state index contributed by atoms with van der Waals surface area (Å²) in [7, 11) is 0. The Morgan fingerprint density at radius 1 is 1.30 bits per heavy atom. The number of benzene rings is 2. The first-order valence-corrected chi connectivity index (χ1v) is 7.42. The van der Waals surface area contributed by atoms with Crippen molar-refractivity contribution in [2.24, 2.45) is 0 Å². The Hall–Kier alpha value is -2.47. The van der Waals surface area contributed by atoms with Gasteiger partial charge in [0.2, 0.25) is 0 Å². The van der Waals surface area contributed by atoms with Gasteiger partial charge in [-0.3, -0.25) is 10.1 Å². The Morgan fingerprint density at radius 3 is 2.83 bits per heavy atom. The van der Waals surface area contributed by atoms with Crippen LogP contribution in [-0.4, -0.2) is 24.6 Å². The lowest BCUT2D eigenvalue weighted by Crippen LogP contribution is -2.38. The highest BCUT2D eigenvalue weighted by Crippen LogP contribution is 2.33. The Labute approximate surface area is 133 Å². The summed E-state index contributed by atoms with van der Waals surface area (Å²) in [6.07, 6.45) is -0.158. The number of anilines is 1. The molecule has 0 aromatic heterocycles. The van der Waals surface area contributed by atoms with E-state index in [1.807, 2.05) is 36.1 Å². The SMILES string of the molecule is Cc1ccccc1C1CN(c2ccc(F)cc2[N+](=O)[O-])CCO1. The average Bonchev–Trinajstić information content (AvgIpc) is 2.55. The van der Waals surface area contributed by atoms with Gasteiger partial charge in [0.05, 0.1) is 17.6 Å². The zero-order valence-corrected chi connectivity index (χ0v) is 12.7. The maximum Gasteiger partial charge on any atom is 0.295 e. The summed E-state index contributed by atoms with van der Waals surface area (Å²) < 4.78 is 19.2. The molecule has 6 heteroatoms. The molecule has 1 aliphatic heterocycles. The molecule has 0 aliphatic carbocycles. The average molecular weight is 316 g/mol. The summed E-state index contributed by atoms with van der Waals surface area (Å²) in [5, 5.41) is 11.2. The van der Waals surface area contributed by atoms with Gasteiger partial charge in [0, 0.05) is 13.1 Å². The lowest BCUT2D eigenvalue weighted by atomic mass is 10.0. The van der Waals surface area contributed by atoms with Gasteiger partial charge in [-0.15, -0.1) is 0 Å². The van der Waals surface area contributed by atoms with Crippen molar-refractivity contribution < 1.29 is 14.1 Å². The molecule has 1 atom stereocenters. The zero-order chi connectivity index (χ0) is 16.4. The zero-order valence-electron chi connectivity index (χ0n) is 12.7. The van der Waals surface area contributed by atoms with Crippen molar-refractivity contribution in [1.29, 1.82) is 0 Å². The Balaban J connectivity index is 1.90. The van der Waals surface area contributed by atoms with Crippen molar-refractivity contribution in [1.82, 2.24) is 0 Å². The van der Waals surface area contributed by atoms with E-state index in [0.717, 1.165) is 17.2 Å². The van der Waals surface area contributed by atoms with Crippen LogP contribution in [-0.2, 0) is 4.74 Å². The fourth-order valence-corrected chi connectivity index (χ4v) is 2.91. The van der Waals surface area contributed by atoms with Crippen LogP contribution in [0.1, 0.15) is 17.2 Å². The molecule has 0 saturated carbocycles.